The Bertz CT molecular complexity index is 912. The highest BCUT2D eigenvalue weighted by atomic mass is 35.5. The first-order valence-electron chi connectivity index (χ1n) is 7.35. The summed E-state index contributed by atoms with van der Waals surface area (Å²) < 4.78 is 0. The molecule has 4 nitrogen and oxygen atoms in total. The highest BCUT2D eigenvalue weighted by Crippen LogP contribution is 2.29. The van der Waals surface area contributed by atoms with Gasteiger partial charge in [0.05, 0.1) is 16.3 Å². The maximum atomic E-state index is 12.8. The van der Waals surface area contributed by atoms with E-state index in [9.17, 15) is 4.79 Å². The van der Waals surface area contributed by atoms with Crippen molar-refractivity contribution >= 4 is 45.6 Å². The zero-order chi connectivity index (χ0) is 17.8. The van der Waals surface area contributed by atoms with Crippen molar-refractivity contribution in [2.75, 3.05) is 11.4 Å². The second-order valence-electron chi connectivity index (χ2n) is 5.08. The quantitative estimate of drug-likeness (QED) is 0.436. The van der Waals surface area contributed by atoms with Gasteiger partial charge in [0.1, 0.15) is 5.15 Å². The Labute approximate surface area is 159 Å². The number of hydrogen-bond donors (Lipinski definition) is 0. The molecule has 3 aromatic rings. The number of carbonyl (C=O) groups is 1. The smallest absolute Gasteiger partial charge is 0.261 e. The summed E-state index contributed by atoms with van der Waals surface area (Å²) in [7, 11) is 0. The Hall–Kier alpha value is -2.21. The molecule has 0 aliphatic heterocycles. The summed E-state index contributed by atoms with van der Waals surface area (Å²) in [5.74, 6) is -0.264. The zero-order valence-corrected chi connectivity index (χ0v) is 15.4. The predicted molar refractivity (Wildman–Crippen MR) is 104 cm³/mol. The molecular weight excluding hydrogens is 377 g/mol. The number of hydrogen-bond acceptors (Lipinski definition) is 4. The highest BCUT2D eigenvalue weighted by molar-refractivity contribution is 7.14. The molecule has 2 aromatic heterocycles. The largest absolute Gasteiger partial charge is 0.280 e. The van der Waals surface area contributed by atoms with E-state index in [1.807, 2.05) is 35.7 Å². The van der Waals surface area contributed by atoms with Crippen molar-refractivity contribution in [1.82, 2.24) is 9.97 Å². The molecule has 0 bridgehead atoms. The Morgan fingerprint density at radius 3 is 2.72 bits per heavy atom. The Morgan fingerprint density at radius 1 is 1.28 bits per heavy atom. The summed E-state index contributed by atoms with van der Waals surface area (Å²) in [5.41, 5.74) is 2.15. The van der Waals surface area contributed by atoms with Crippen LogP contribution in [-0.2, 0) is 0 Å². The minimum absolute atomic E-state index is 0.161. The van der Waals surface area contributed by atoms with Crippen LogP contribution in [0.1, 0.15) is 10.4 Å². The van der Waals surface area contributed by atoms with E-state index in [0.717, 1.165) is 11.3 Å². The van der Waals surface area contributed by atoms with Crippen LogP contribution in [0, 0.1) is 0 Å². The third kappa shape index (κ3) is 3.90. The average Bonchev–Trinajstić information content (AvgIpc) is 3.12. The van der Waals surface area contributed by atoms with E-state index in [4.69, 9.17) is 23.2 Å². The van der Waals surface area contributed by atoms with Crippen molar-refractivity contribution in [2.24, 2.45) is 0 Å². The lowest BCUT2D eigenvalue weighted by Crippen LogP contribution is -2.31. The fourth-order valence-corrected chi connectivity index (χ4v) is 3.31. The molecule has 0 saturated heterocycles. The number of pyridine rings is 1. The molecule has 25 heavy (non-hydrogen) atoms. The van der Waals surface area contributed by atoms with Crippen LogP contribution in [0.3, 0.4) is 0 Å². The topological polar surface area (TPSA) is 46.1 Å². The number of nitrogens with zero attached hydrogens (tertiary/aromatic N) is 3. The predicted octanol–water partition coefficient (Wildman–Crippen LogP) is 5.34. The zero-order valence-electron chi connectivity index (χ0n) is 13.0. The normalized spacial score (nSPS) is 10.5. The minimum atomic E-state index is -0.264. The molecule has 7 heteroatoms. The van der Waals surface area contributed by atoms with Crippen molar-refractivity contribution in [3.8, 4) is 11.3 Å². The van der Waals surface area contributed by atoms with Crippen LogP contribution in [0.4, 0.5) is 5.13 Å². The second kappa shape index (κ2) is 7.78. The summed E-state index contributed by atoms with van der Waals surface area (Å²) in [6.07, 6.45) is 3.05. The average molecular weight is 390 g/mol. The van der Waals surface area contributed by atoms with E-state index >= 15 is 0 Å². The van der Waals surface area contributed by atoms with Gasteiger partial charge < -0.3 is 0 Å². The fraction of sp³-hybridized carbons (Fsp3) is 0.0556. The first-order valence-corrected chi connectivity index (χ1v) is 8.98. The van der Waals surface area contributed by atoms with Gasteiger partial charge in [-0.3, -0.25) is 9.69 Å². The first-order chi connectivity index (χ1) is 12.1. The van der Waals surface area contributed by atoms with E-state index in [1.165, 1.54) is 28.5 Å². The summed E-state index contributed by atoms with van der Waals surface area (Å²) in [6.45, 7) is 4.04. The first kappa shape index (κ1) is 17.6. The molecule has 0 unspecified atom stereocenters. The molecule has 0 atom stereocenters. The van der Waals surface area contributed by atoms with Crippen LogP contribution in [0.15, 0.2) is 60.6 Å². The van der Waals surface area contributed by atoms with Gasteiger partial charge in [0.25, 0.3) is 5.91 Å². The van der Waals surface area contributed by atoms with Gasteiger partial charge in [-0.2, -0.15) is 0 Å². The molecule has 0 aliphatic carbocycles. The van der Waals surface area contributed by atoms with Crippen molar-refractivity contribution in [3.63, 3.8) is 0 Å². The van der Waals surface area contributed by atoms with E-state index in [2.05, 4.69) is 16.5 Å². The second-order valence-corrected chi connectivity index (χ2v) is 6.68. The number of rotatable bonds is 5. The SMILES string of the molecule is C=CCN(C(=O)c1cnc(Cl)c(Cl)c1)c1nc(-c2ccccc2)cs1. The molecule has 0 spiro atoms. The van der Waals surface area contributed by atoms with Gasteiger partial charge in [0.2, 0.25) is 0 Å². The maximum absolute atomic E-state index is 12.8. The minimum Gasteiger partial charge on any atom is -0.280 e. The van der Waals surface area contributed by atoms with Gasteiger partial charge in [-0.25, -0.2) is 9.97 Å². The molecule has 1 amide bonds. The lowest BCUT2D eigenvalue weighted by molar-refractivity contribution is 0.0989. The van der Waals surface area contributed by atoms with Crippen LogP contribution >= 0.6 is 34.5 Å². The van der Waals surface area contributed by atoms with Gasteiger partial charge in [-0.15, -0.1) is 17.9 Å². The molecule has 3 rings (SSSR count). The highest BCUT2D eigenvalue weighted by Gasteiger charge is 2.21. The van der Waals surface area contributed by atoms with E-state index in [0.29, 0.717) is 17.2 Å². The molecule has 1 aromatic carbocycles. The summed E-state index contributed by atoms with van der Waals surface area (Å²) in [6, 6.07) is 11.3. The maximum Gasteiger partial charge on any atom is 0.261 e. The molecule has 0 saturated carbocycles. The Morgan fingerprint density at radius 2 is 2.04 bits per heavy atom. The van der Waals surface area contributed by atoms with Crippen LogP contribution in [0.2, 0.25) is 10.2 Å². The Kier molecular flexibility index (Phi) is 5.48. The third-order valence-electron chi connectivity index (χ3n) is 3.39. The molecule has 126 valence electrons. The van der Waals surface area contributed by atoms with Gasteiger partial charge in [0, 0.05) is 23.7 Å². The van der Waals surface area contributed by atoms with Crippen molar-refractivity contribution in [1.29, 1.82) is 0 Å². The number of aromatic nitrogens is 2. The molecule has 0 radical (unpaired) electrons. The molecule has 0 N–H and O–H groups in total. The van der Waals surface area contributed by atoms with E-state index in [-0.39, 0.29) is 16.1 Å². The summed E-state index contributed by atoms with van der Waals surface area (Å²) in [5, 5.41) is 2.89. The van der Waals surface area contributed by atoms with E-state index in [1.54, 1.807) is 6.08 Å². The number of benzene rings is 1. The monoisotopic (exact) mass is 389 g/mol. The van der Waals surface area contributed by atoms with Crippen LogP contribution in [0.5, 0.6) is 0 Å². The fourth-order valence-electron chi connectivity index (χ4n) is 2.20. The van der Waals surface area contributed by atoms with Gasteiger partial charge >= 0.3 is 0 Å². The van der Waals surface area contributed by atoms with Gasteiger partial charge in [-0.05, 0) is 6.07 Å². The van der Waals surface area contributed by atoms with Crippen molar-refractivity contribution < 1.29 is 4.79 Å². The van der Waals surface area contributed by atoms with Crippen molar-refractivity contribution in [2.45, 2.75) is 0 Å². The van der Waals surface area contributed by atoms with Gasteiger partial charge in [0.15, 0.2) is 5.13 Å². The lowest BCUT2D eigenvalue weighted by Gasteiger charge is -2.18. The lowest BCUT2D eigenvalue weighted by atomic mass is 10.2. The molecule has 0 aliphatic rings. The van der Waals surface area contributed by atoms with E-state index < -0.39 is 0 Å². The summed E-state index contributed by atoms with van der Waals surface area (Å²) in [4.78, 5) is 22.9. The van der Waals surface area contributed by atoms with Crippen LogP contribution in [-0.4, -0.2) is 22.4 Å². The number of halogens is 2. The summed E-state index contributed by atoms with van der Waals surface area (Å²) >= 11 is 13.2. The molecular formula is C18H13Cl2N3OS. The number of amides is 1. The van der Waals surface area contributed by atoms with Crippen molar-refractivity contribution in [3.05, 3.63) is 76.4 Å². The van der Waals surface area contributed by atoms with Crippen LogP contribution in [0.25, 0.3) is 11.3 Å². The van der Waals surface area contributed by atoms with Gasteiger partial charge in [-0.1, -0.05) is 59.6 Å². The molecule has 0 fully saturated rings. The van der Waals surface area contributed by atoms with Crippen LogP contribution < -0.4 is 4.90 Å². The number of carbonyl (C=O) groups excluding carboxylic acids is 1. The standard InChI is InChI=1S/C18H13Cl2N3OS/c1-2-8-23(17(24)13-9-14(19)16(20)21-10-13)18-22-15(11-25-18)12-6-4-3-5-7-12/h2-7,9-11H,1,8H2. The number of thiazole rings is 1. The number of anilines is 1. The molecule has 2 heterocycles. The third-order valence-corrected chi connectivity index (χ3v) is 4.94. The Balaban J connectivity index is 1.93.